The van der Waals surface area contributed by atoms with Crippen LogP contribution in [0.25, 0.3) is 10.9 Å². The highest BCUT2D eigenvalue weighted by Crippen LogP contribution is 2.25. The number of benzene rings is 1. The van der Waals surface area contributed by atoms with Gasteiger partial charge in [0.25, 0.3) is 5.91 Å². The highest BCUT2D eigenvalue weighted by Gasteiger charge is 2.34. The highest BCUT2D eigenvalue weighted by atomic mass is 16.5. The molecule has 3 aromatic rings. The fraction of sp³-hybridized carbons (Fsp3) is 0.400. The number of aliphatic hydroxyl groups is 1. The van der Waals surface area contributed by atoms with Gasteiger partial charge in [-0.2, -0.15) is 4.98 Å². The van der Waals surface area contributed by atoms with E-state index in [1.54, 1.807) is 13.0 Å². The molecule has 9 heteroatoms. The summed E-state index contributed by atoms with van der Waals surface area (Å²) in [6.07, 6.45) is 0.672. The molecule has 0 bridgehead atoms. The van der Waals surface area contributed by atoms with Gasteiger partial charge in [-0.15, -0.1) is 0 Å². The summed E-state index contributed by atoms with van der Waals surface area (Å²) in [5.41, 5.74) is 1.30. The molecule has 2 heterocycles. The van der Waals surface area contributed by atoms with Crippen LogP contribution in [-0.4, -0.2) is 44.2 Å². The van der Waals surface area contributed by atoms with E-state index in [0.29, 0.717) is 36.7 Å². The van der Waals surface area contributed by atoms with E-state index in [-0.39, 0.29) is 24.3 Å². The van der Waals surface area contributed by atoms with Gasteiger partial charge in [0.1, 0.15) is 5.69 Å². The third-order valence-corrected chi connectivity index (χ3v) is 5.27. The summed E-state index contributed by atoms with van der Waals surface area (Å²) in [6, 6.07) is 8.89. The van der Waals surface area contributed by atoms with Crippen LogP contribution in [0.15, 0.2) is 34.9 Å². The van der Waals surface area contributed by atoms with Crippen LogP contribution < -0.4 is 10.6 Å². The number of nitrogens with zero attached hydrogens (tertiary/aromatic N) is 2. The Kier molecular flexibility index (Phi) is 5.30. The summed E-state index contributed by atoms with van der Waals surface area (Å²) in [5.74, 6) is 0.0994. The van der Waals surface area contributed by atoms with Crippen LogP contribution in [0.4, 0.5) is 0 Å². The summed E-state index contributed by atoms with van der Waals surface area (Å²) in [4.78, 5) is 32.3. The maximum absolute atomic E-state index is 12.6. The van der Waals surface area contributed by atoms with Crippen LogP contribution in [0, 0.1) is 12.8 Å². The Morgan fingerprint density at radius 1 is 1.31 bits per heavy atom. The molecule has 2 amide bonds. The van der Waals surface area contributed by atoms with Crippen LogP contribution in [0.2, 0.25) is 0 Å². The Morgan fingerprint density at radius 2 is 2.14 bits per heavy atom. The van der Waals surface area contributed by atoms with Crippen molar-refractivity contribution in [2.75, 3.05) is 0 Å². The van der Waals surface area contributed by atoms with Crippen LogP contribution >= 0.6 is 0 Å². The maximum atomic E-state index is 12.6. The van der Waals surface area contributed by atoms with Crippen molar-refractivity contribution in [1.29, 1.82) is 0 Å². The van der Waals surface area contributed by atoms with Gasteiger partial charge in [-0.1, -0.05) is 23.4 Å². The van der Waals surface area contributed by atoms with Crippen molar-refractivity contribution in [2.24, 2.45) is 5.92 Å². The number of hydrogen-bond donors (Lipinski definition) is 4. The standard InChI is InChI=1S/C20H23N5O4/c1-11-22-18(25-29-11)10-21-19(27)13-6-7-17(26)15(9-13)24-20(28)16-8-12-4-2-3-5-14(12)23-16/h2-5,8,13,15,17,23,26H,6-7,9-10H2,1H3,(H,21,27)(H,24,28)/t13-,15+,17+/m0/s1. The second-order valence-corrected chi connectivity index (χ2v) is 7.37. The summed E-state index contributed by atoms with van der Waals surface area (Å²) < 4.78 is 4.89. The number of carbonyl (C=O) groups is 2. The molecule has 0 spiro atoms. The van der Waals surface area contributed by atoms with Crippen molar-refractivity contribution in [3.05, 3.63) is 47.7 Å². The monoisotopic (exact) mass is 397 g/mol. The van der Waals surface area contributed by atoms with Gasteiger partial charge < -0.3 is 25.2 Å². The van der Waals surface area contributed by atoms with Crippen LogP contribution in [-0.2, 0) is 11.3 Å². The SMILES string of the molecule is Cc1nc(CNC(=O)[C@H]2CC[C@@H](O)[C@H](NC(=O)c3cc4ccccc4[nH]3)C2)no1. The molecule has 0 saturated heterocycles. The number of carbonyl (C=O) groups excluding carboxylic acids is 2. The fourth-order valence-corrected chi connectivity index (χ4v) is 3.71. The Balaban J connectivity index is 1.36. The molecule has 0 aliphatic heterocycles. The van der Waals surface area contributed by atoms with Crippen LogP contribution in [0.3, 0.4) is 0 Å². The van der Waals surface area contributed by atoms with Gasteiger partial charge in [0.05, 0.1) is 18.7 Å². The van der Waals surface area contributed by atoms with E-state index < -0.39 is 12.1 Å². The van der Waals surface area contributed by atoms with Gasteiger partial charge in [-0.25, -0.2) is 0 Å². The minimum absolute atomic E-state index is 0.149. The average Bonchev–Trinajstić information content (AvgIpc) is 3.33. The molecule has 9 nitrogen and oxygen atoms in total. The number of aliphatic hydroxyl groups excluding tert-OH is 1. The number of aromatic nitrogens is 3. The van der Waals surface area contributed by atoms with Gasteiger partial charge >= 0.3 is 0 Å². The fourth-order valence-electron chi connectivity index (χ4n) is 3.71. The molecule has 1 aliphatic carbocycles. The molecule has 1 aromatic carbocycles. The summed E-state index contributed by atoms with van der Waals surface area (Å²) in [6.45, 7) is 1.86. The van der Waals surface area contributed by atoms with Crippen LogP contribution in [0.1, 0.15) is 41.5 Å². The van der Waals surface area contributed by atoms with E-state index in [2.05, 4.69) is 25.8 Å². The van der Waals surface area contributed by atoms with E-state index in [1.165, 1.54) is 0 Å². The number of aromatic amines is 1. The Hall–Kier alpha value is -3.20. The average molecular weight is 397 g/mol. The lowest BCUT2D eigenvalue weighted by atomic mass is 9.83. The number of aryl methyl sites for hydroxylation is 1. The molecule has 29 heavy (non-hydrogen) atoms. The number of rotatable bonds is 5. The van der Waals surface area contributed by atoms with E-state index in [1.807, 2.05) is 24.3 Å². The third kappa shape index (κ3) is 4.29. The lowest BCUT2D eigenvalue weighted by Gasteiger charge is -2.33. The van der Waals surface area contributed by atoms with Gasteiger partial charge in [0.15, 0.2) is 5.82 Å². The third-order valence-electron chi connectivity index (χ3n) is 5.27. The van der Waals surface area contributed by atoms with E-state index >= 15 is 0 Å². The zero-order valence-corrected chi connectivity index (χ0v) is 16.0. The van der Waals surface area contributed by atoms with Gasteiger partial charge in [-0.05, 0) is 31.4 Å². The molecule has 2 aromatic heterocycles. The second-order valence-electron chi connectivity index (χ2n) is 7.37. The first-order valence-corrected chi connectivity index (χ1v) is 9.63. The number of fused-ring (bicyclic) bond motifs is 1. The molecule has 1 aliphatic rings. The Bertz CT molecular complexity index is 994. The minimum Gasteiger partial charge on any atom is -0.391 e. The zero-order chi connectivity index (χ0) is 20.4. The highest BCUT2D eigenvalue weighted by molar-refractivity contribution is 5.98. The first kappa shape index (κ1) is 19.1. The van der Waals surface area contributed by atoms with E-state index in [0.717, 1.165) is 10.9 Å². The molecule has 3 atom stereocenters. The molecule has 4 rings (SSSR count). The predicted octanol–water partition coefficient (Wildman–Crippen LogP) is 1.44. The van der Waals surface area contributed by atoms with Crippen molar-refractivity contribution in [1.82, 2.24) is 25.8 Å². The normalized spacial score (nSPS) is 21.8. The maximum Gasteiger partial charge on any atom is 0.268 e. The molecule has 0 radical (unpaired) electrons. The summed E-state index contributed by atoms with van der Waals surface area (Å²) in [5, 5.41) is 20.7. The molecule has 0 unspecified atom stereocenters. The molecule has 1 saturated carbocycles. The van der Waals surface area contributed by atoms with Crippen LogP contribution in [0.5, 0.6) is 0 Å². The first-order chi connectivity index (χ1) is 14.0. The predicted molar refractivity (Wildman–Crippen MR) is 104 cm³/mol. The van der Waals surface area contributed by atoms with Gasteiger partial charge in [0, 0.05) is 23.7 Å². The molecular weight excluding hydrogens is 374 g/mol. The van der Waals surface area contributed by atoms with Gasteiger partial charge in [0.2, 0.25) is 11.8 Å². The van der Waals surface area contributed by atoms with Crippen molar-refractivity contribution in [3.8, 4) is 0 Å². The van der Waals surface area contributed by atoms with E-state index in [9.17, 15) is 14.7 Å². The summed E-state index contributed by atoms with van der Waals surface area (Å²) >= 11 is 0. The summed E-state index contributed by atoms with van der Waals surface area (Å²) in [7, 11) is 0. The molecule has 1 fully saturated rings. The zero-order valence-electron chi connectivity index (χ0n) is 16.0. The number of nitrogens with one attached hydrogen (secondary N) is 3. The lowest BCUT2D eigenvalue weighted by Crippen LogP contribution is -2.49. The molecule has 152 valence electrons. The number of hydrogen-bond acceptors (Lipinski definition) is 6. The topological polar surface area (TPSA) is 133 Å². The number of para-hydroxylation sites is 1. The Labute approximate surface area is 166 Å². The lowest BCUT2D eigenvalue weighted by molar-refractivity contribution is -0.127. The quantitative estimate of drug-likeness (QED) is 0.515. The minimum atomic E-state index is -0.688. The van der Waals surface area contributed by atoms with Gasteiger partial charge in [-0.3, -0.25) is 9.59 Å². The van der Waals surface area contributed by atoms with E-state index in [4.69, 9.17) is 4.52 Å². The largest absolute Gasteiger partial charge is 0.391 e. The van der Waals surface area contributed by atoms with Crippen molar-refractivity contribution in [3.63, 3.8) is 0 Å². The van der Waals surface area contributed by atoms with Crippen molar-refractivity contribution in [2.45, 2.75) is 44.9 Å². The number of amides is 2. The van der Waals surface area contributed by atoms with Crippen molar-refractivity contribution >= 4 is 22.7 Å². The first-order valence-electron chi connectivity index (χ1n) is 9.63. The molecular formula is C20H23N5O4. The molecule has 4 N–H and O–H groups in total. The second kappa shape index (κ2) is 8.04. The van der Waals surface area contributed by atoms with Crippen molar-refractivity contribution < 1.29 is 19.2 Å². The Morgan fingerprint density at radius 3 is 2.90 bits per heavy atom. The smallest absolute Gasteiger partial charge is 0.268 e. The number of H-pyrrole nitrogens is 1.